The van der Waals surface area contributed by atoms with E-state index in [0.717, 1.165) is 19.1 Å². The van der Waals surface area contributed by atoms with Crippen molar-refractivity contribution in [3.63, 3.8) is 0 Å². The van der Waals surface area contributed by atoms with Crippen LogP contribution >= 0.6 is 0 Å². The van der Waals surface area contributed by atoms with Crippen LogP contribution in [0.2, 0.25) is 19.1 Å². The summed E-state index contributed by atoms with van der Waals surface area (Å²) < 4.78 is 10.4. The molecule has 0 spiro atoms. The summed E-state index contributed by atoms with van der Waals surface area (Å²) in [6, 6.07) is 1.10. The van der Waals surface area contributed by atoms with Crippen molar-refractivity contribution in [2.45, 2.75) is 39.9 Å². The van der Waals surface area contributed by atoms with Crippen LogP contribution in [0.15, 0.2) is 36.8 Å². The molecule has 0 saturated carbocycles. The molecule has 4 nitrogen and oxygen atoms in total. The zero-order chi connectivity index (χ0) is 20.1. The molecule has 0 aliphatic carbocycles. The van der Waals surface area contributed by atoms with E-state index < -0.39 is 25.2 Å². The van der Waals surface area contributed by atoms with Crippen LogP contribution < -0.4 is 0 Å². The number of rotatable bonds is 12. The first-order chi connectivity index (χ1) is 11.5. The van der Waals surface area contributed by atoms with Gasteiger partial charge >= 0.3 is 0 Å². The Morgan fingerprint density at radius 2 is 1.20 bits per heavy atom. The predicted octanol–water partition coefficient (Wildman–Crippen LogP) is 3.54. The molecule has 0 N–H and O–H groups in total. The number of nitrogens with zero attached hydrogens (tertiary/aromatic N) is 4. The van der Waals surface area contributed by atoms with Crippen LogP contribution in [0.25, 0.3) is 0 Å². The molecule has 0 aliphatic heterocycles. The molecular weight excluding hydrogens is 356 g/mol. The third-order valence-electron chi connectivity index (χ3n) is 5.77. The lowest BCUT2D eigenvalue weighted by atomic mass is 10.7. The first kappa shape index (κ1) is 24.7. The van der Waals surface area contributed by atoms with Gasteiger partial charge in [0.2, 0.25) is 16.8 Å². The minimum atomic E-state index is -2.26. The molecule has 0 aromatic rings. The lowest BCUT2D eigenvalue weighted by molar-refractivity contribution is 0.424. The van der Waals surface area contributed by atoms with Crippen molar-refractivity contribution in [2.75, 3.05) is 41.3 Å². The predicted molar refractivity (Wildman–Crippen MR) is 122 cm³/mol. The standard InChI is InChI=1S/C18H42N4Si3/c1-13-21(14-2)23(11,12)22(24(15-3,16-4)19(7)8)25(17-5,18-6)20(9)10/h15-17H,3-5,13-14,18H2,1-2,6-12H3. The second-order valence-electron chi connectivity index (χ2n) is 7.42. The Labute approximate surface area is 161 Å². The van der Waals surface area contributed by atoms with E-state index in [4.69, 9.17) is 0 Å². The van der Waals surface area contributed by atoms with Crippen molar-refractivity contribution in [3.05, 3.63) is 36.8 Å². The second kappa shape index (κ2) is 9.59. The van der Waals surface area contributed by atoms with Crippen molar-refractivity contribution in [1.29, 1.82) is 0 Å². The Kier molecular flexibility index (Phi) is 9.48. The van der Waals surface area contributed by atoms with Crippen molar-refractivity contribution in [3.8, 4) is 0 Å². The first-order valence-corrected chi connectivity index (χ1v) is 16.5. The molecule has 0 aliphatic rings. The molecule has 0 fully saturated rings. The highest BCUT2D eigenvalue weighted by atomic mass is 28.5. The Bertz CT molecular complexity index is 453. The molecule has 0 saturated heterocycles. The quantitative estimate of drug-likeness (QED) is 0.466. The molecule has 0 aromatic carbocycles. The van der Waals surface area contributed by atoms with Crippen LogP contribution in [0.4, 0.5) is 0 Å². The van der Waals surface area contributed by atoms with E-state index in [2.05, 4.69) is 116 Å². The zero-order valence-corrected chi connectivity index (χ0v) is 21.3. The van der Waals surface area contributed by atoms with Crippen LogP contribution in [0.1, 0.15) is 20.8 Å². The fraction of sp³-hybridized carbons (Fsp3) is 0.667. The Hall–Kier alpha value is -0.289. The van der Waals surface area contributed by atoms with E-state index in [1.165, 1.54) is 0 Å². The maximum atomic E-state index is 4.33. The molecule has 1 atom stereocenters. The average Bonchev–Trinajstić information content (AvgIpc) is 2.56. The van der Waals surface area contributed by atoms with Crippen molar-refractivity contribution in [1.82, 2.24) is 17.6 Å². The van der Waals surface area contributed by atoms with Gasteiger partial charge in [-0.25, -0.2) is 0 Å². The summed E-state index contributed by atoms with van der Waals surface area (Å²) in [5.41, 5.74) is 6.66. The number of hydrogen-bond acceptors (Lipinski definition) is 4. The summed E-state index contributed by atoms with van der Waals surface area (Å²) in [7, 11) is 2.51. The fourth-order valence-electron chi connectivity index (χ4n) is 4.28. The fourth-order valence-corrected chi connectivity index (χ4v) is 25.6. The van der Waals surface area contributed by atoms with E-state index in [1.54, 1.807) is 0 Å². The van der Waals surface area contributed by atoms with Gasteiger partial charge in [-0.15, -0.1) is 19.7 Å². The molecule has 7 heteroatoms. The van der Waals surface area contributed by atoms with Crippen molar-refractivity contribution in [2.24, 2.45) is 0 Å². The summed E-state index contributed by atoms with van der Waals surface area (Å²) >= 11 is 0. The van der Waals surface area contributed by atoms with Crippen LogP contribution in [-0.4, -0.2) is 84.1 Å². The third kappa shape index (κ3) is 4.18. The van der Waals surface area contributed by atoms with Gasteiger partial charge in [0.15, 0.2) is 8.40 Å². The smallest absolute Gasteiger partial charge is 0.245 e. The summed E-state index contributed by atoms with van der Waals surface area (Å²) in [5.74, 6) is 0. The second-order valence-corrected chi connectivity index (χ2v) is 20.8. The third-order valence-corrected chi connectivity index (χ3v) is 24.2. The van der Waals surface area contributed by atoms with Crippen molar-refractivity contribution >= 4 is 25.2 Å². The molecule has 0 radical (unpaired) electrons. The zero-order valence-electron chi connectivity index (χ0n) is 18.3. The summed E-state index contributed by atoms with van der Waals surface area (Å²) in [6.07, 6.45) is 0. The molecule has 0 rings (SSSR count). The molecule has 25 heavy (non-hydrogen) atoms. The molecule has 0 aromatic heterocycles. The van der Waals surface area contributed by atoms with Gasteiger partial charge in [-0.05, 0) is 60.4 Å². The van der Waals surface area contributed by atoms with E-state index in [0.29, 0.717) is 0 Å². The van der Waals surface area contributed by atoms with Gasteiger partial charge in [0, 0.05) is 0 Å². The average molecular weight is 399 g/mol. The molecule has 146 valence electrons. The first-order valence-electron chi connectivity index (χ1n) is 9.33. The molecule has 0 bridgehead atoms. The largest absolute Gasteiger partial charge is 0.322 e. The molecule has 0 heterocycles. The maximum absolute atomic E-state index is 4.33. The van der Waals surface area contributed by atoms with Gasteiger partial charge in [0.25, 0.3) is 0 Å². The monoisotopic (exact) mass is 398 g/mol. The van der Waals surface area contributed by atoms with Crippen LogP contribution in [-0.2, 0) is 0 Å². The van der Waals surface area contributed by atoms with Gasteiger partial charge in [-0.1, -0.05) is 37.9 Å². The van der Waals surface area contributed by atoms with Gasteiger partial charge in [-0.3, -0.25) is 0 Å². The van der Waals surface area contributed by atoms with Crippen molar-refractivity contribution < 1.29 is 0 Å². The minimum Gasteiger partial charge on any atom is -0.322 e. The highest BCUT2D eigenvalue weighted by Gasteiger charge is 2.57. The molecular formula is C18H42N4Si3. The molecule has 1 unspecified atom stereocenters. The lowest BCUT2D eigenvalue weighted by Gasteiger charge is -2.61. The summed E-state index contributed by atoms with van der Waals surface area (Å²) in [5, 5.41) is 0. The Balaban J connectivity index is 6.97. The van der Waals surface area contributed by atoms with Gasteiger partial charge in [-0.2, -0.15) is 0 Å². The topological polar surface area (TPSA) is 13.0 Å². The summed E-state index contributed by atoms with van der Waals surface area (Å²) in [4.78, 5) is 0. The van der Waals surface area contributed by atoms with Crippen LogP contribution in [0, 0.1) is 0 Å². The van der Waals surface area contributed by atoms with E-state index in [-0.39, 0.29) is 0 Å². The maximum Gasteiger partial charge on any atom is 0.245 e. The normalized spacial score (nSPS) is 15.7. The molecule has 0 amide bonds. The van der Waals surface area contributed by atoms with Gasteiger partial charge in [0.05, 0.1) is 0 Å². The van der Waals surface area contributed by atoms with E-state index in [9.17, 15) is 0 Å². The van der Waals surface area contributed by atoms with E-state index in [1.807, 2.05) is 0 Å². The number of hydrogen-bond donors (Lipinski definition) is 0. The van der Waals surface area contributed by atoms with Crippen LogP contribution in [0.3, 0.4) is 0 Å². The Morgan fingerprint density at radius 1 is 0.760 bits per heavy atom. The SMILES string of the molecule is C=C[Si](C=C)(N(C)C)N([Si](C)(C)N(CC)CC)[Si](C=C)(CC)N(C)C. The lowest BCUT2D eigenvalue weighted by Crippen LogP contribution is -2.84. The van der Waals surface area contributed by atoms with Crippen LogP contribution in [0.5, 0.6) is 0 Å². The summed E-state index contributed by atoms with van der Waals surface area (Å²) in [6.45, 7) is 26.9. The van der Waals surface area contributed by atoms with E-state index >= 15 is 0 Å². The Morgan fingerprint density at radius 3 is 1.40 bits per heavy atom. The highest BCUT2D eigenvalue weighted by Crippen LogP contribution is 2.35. The van der Waals surface area contributed by atoms with Gasteiger partial charge in [0.1, 0.15) is 0 Å². The highest BCUT2D eigenvalue weighted by molar-refractivity contribution is 7.08. The van der Waals surface area contributed by atoms with Gasteiger partial charge < -0.3 is 17.6 Å². The minimum absolute atomic E-state index is 1.07.